The van der Waals surface area contributed by atoms with Crippen LogP contribution in [0.4, 0.5) is 13.2 Å². The van der Waals surface area contributed by atoms with Gasteiger partial charge in [-0.05, 0) is 35.7 Å². The van der Waals surface area contributed by atoms with Gasteiger partial charge in [0.2, 0.25) is 0 Å². The SMILES string of the molecule is COC(=O)Cc1cccc(CO)c1COc1ccc(C)cc1C(F)(F)F. The number of alkyl halides is 3. The summed E-state index contributed by atoms with van der Waals surface area (Å²) in [6.07, 6.45) is -4.62. The second-order valence-electron chi connectivity index (χ2n) is 5.75. The van der Waals surface area contributed by atoms with Crippen molar-refractivity contribution in [2.24, 2.45) is 0 Å². The van der Waals surface area contributed by atoms with Gasteiger partial charge in [-0.3, -0.25) is 4.79 Å². The zero-order chi connectivity index (χ0) is 19.3. The van der Waals surface area contributed by atoms with Crippen molar-refractivity contribution in [3.63, 3.8) is 0 Å². The number of ether oxygens (including phenoxy) is 2. The van der Waals surface area contributed by atoms with Crippen molar-refractivity contribution in [3.8, 4) is 5.75 Å². The fraction of sp³-hybridized carbons (Fsp3) is 0.316. The van der Waals surface area contributed by atoms with Crippen LogP contribution in [0.5, 0.6) is 5.75 Å². The van der Waals surface area contributed by atoms with Crippen LogP contribution in [0.15, 0.2) is 36.4 Å². The van der Waals surface area contributed by atoms with Crippen LogP contribution < -0.4 is 4.74 Å². The van der Waals surface area contributed by atoms with Crippen molar-refractivity contribution in [3.05, 3.63) is 64.2 Å². The lowest BCUT2D eigenvalue weighted by Crippen LogP contribution is -2.13. The number of aliphatic hydroxyl groups excluding tert-OH is 1. The maximum absolute atomic E-state index is 13.2. The molecule has 0 saturated heterocycles. The van der Waals surface area contributed by atoms with Crippen molar-refractivity contribution < 1.29 is 32.5 Å². The molecule has 0 aromatic heterocycles. The lowest BCUT2D eigenvalue weighted by molar-refractivity contribution is -0.140. The van der Waals surface area contributed by atoms with Crippen LogP contribution in [0.3, 0.4) is 0 Å². The molecule has 0 amide bonds. The second kappa shape index (κ2) is 8.23. The zero-order valence-corrected chi connectivity index (χ0v) is 14.4. The molecule has 0 heterocycles. The van der Waals surface area contributed by atoms with Gasteiger partial charge in [-0.15, -0.1) is 0 Å². The van der Waals surface area contributed by atoms with Crippen LogP contribution in [-0.2, 0) is 35.3 Å². The van der Waals surface area contributed by atoms with E-state index in [2.05, 4.69) is 4.74 Å². The summed E-state index contributed by atoms with van der Waals surface area (Å²) in [5, 5.41) is 9.50. The van der Waals surface area contributed by atoms with E-state index in [9.17, 15) is 23.1 Å². The van der Waals surface area contributed by atoms with E-state index in [0.29, 0.717) is 22.3 Å². The topological polar surface area (TPSA) is 55.8 Å². The lowest BCUT2D eigenvalue weighted by Gasteiger charge is -2.17. The van der Waals surface area contributed by atoms with Crippen LogP contribution in [0.25, 0.3) is 0 Å². The van der Waals surface area contributed by atoms with Gasteiger partial charge in [-0.1, -0.05) is 29.8 Å². The molecule has 2 aromatic rings. The summed E-state index contributed by atoms with van der Waals surface area (Å²) in [6.45, 7) is 1.03. The molecule has 0 aliphatic heterocycles. The summed E-state index contributed by atoms with van der Waals surface area (Å²) in [7, 11) is 1.25. The van der Waals surface area contributed by atoms with E-state index >= 15 is 0 Å². The molecule has 0 fully saturated rings. The van der Waals surface area contributed by atoms with Crippen LogP contribution in [-0.4, -0.2) is 18.2 Å². The molecule has 140 valence electrons. The van der Waals surface area contributed by atoms with E-state index in [1.54, 1.807) is 25.1 Å². The summed E-state index contributed by atoms with van der Waals surface area (Å²) < 4.78 is 49.7. The minimum atomic E-state index is -4.55. The number of benzene rings is 2. The molecule has 0 atom stereocenters. The van der Waals surface area contributed by atoms with E-state index < -0.39 is 17.7 Å². The molecule has 0 saturated carbocycles. The van der Waals surface area contributed by atoms with Crippen LogP contribution in [0.1, 0.15) is 27.8 Å². The van der Waals surface area contributed by atoms with Gasteiger partial charge in [-0.25, -0.2) is 0 Å². The van der Waals surface area contributed by atoms with Gasteiger partial charge in [-0.2, -0.15) is 13.2 Å². The quantitative estimate of drug-likeness (QED) is 0.788. The van der Waals surface area contributed by atoms with E-state index in [1.165, 1.54) is 19.2 Å². The Kier molecular flexibility index (Phi) is 6.26. The first-order chi connectivity index (χ1) is 12.3. The van der Waals surface area contributed by atoms with E-state index in [-0.39, 0.29) is 25.4 Å². The van der Waals surface area contributed by atoms with E-state index in [1.807, 2.05) is 0 Å². The summed E-state index contributed by atoms with van der Waals surface area (Å²) in [5.74, 6) is -0.799. The van der Waals surface area contributed by atoms with Gasteiger partial charge in [0.15, 0.2) is 0 Å². The van der Waals surface area contributed by atoms with Crippen molar-refractivity contribution in [2.75, 3.05) is 7.11 Å². The molecule has 2 rings (SSSR count). The third-order valence-electron chi connectivity index (χ3n) is 3.92. The molecule has 4 nitrogen and oxygen atoms in total. The molecule has 1 N–H and O–H groups in total. The first kappa shape index (κ1) is 19.8. The summed E-state index contributed by atoms with van der Waals surface area (Å²) in [4.78, 5) is 11.6. The highest BCUT2D eigenvalue weighted by Crippen LogP contribution is 2.37. The Morgan fingerprint density at radius 3 is 2.46 bits per heavy atom. The predicted octanol–water partition coefficient (Wildman–Crippen LogP) is 3.80. The highest BCUT2D eigenvalue weighted by atomic mass is 19.4. The predicted molar refractivity (Wildman–Crippen MR) is 88.6 cm³/mol. The Bertz CT molecular complexity index is 785. The molecule has 0 aliphatic rings. The van der Waals surface area contributed by atoms with E-state index in [4.69, 9.17) is 4.74 Å². The fourth-order valence-corrected chi connectivity index (χ4v) is 2.56. The minimum absolute atomic E-state index is 0.0664. The Hall–Kier alpha value is -2.54. The summed E-state index contributed by atoms with van der Waals surface area (Å²) in [5.41, 5.74) is 1.07. The number of hydrogen-bond donors (Lipinski definition) is 1. The molecule has 0 aliphatic carbocycles. The molecule has 0 unspecified atom stereocenters. The third kappa shape index (κ3) is 4.76. The average Bonchev–Trinajstić information content (AvgIpc) is 2.60. The maximum Gasteiger partial charge on any atom is 0.419 e. The Morgan fingerprint density at radius 1 is 1.15 bits per heavy atom. The normalized spacial score (nSPS) is 11.3. The Labute approximate surface area is 149 Å². The Morgan fingerprint density at radius 2 is 1.85 bits per heavy atom. The van der Waals surface area contributed by atoms with Crippen LogP contribution in [0.2, 0.25) is 0 Å². The van der Waals surface area contributed by atoms with Gasteiger partial charge < -0.3 is 14.6 Å². The lowest BCUT2D eigenvalue weighted by atomic mass is 9.99. The summed E-state index contributed by atoms with van der Waals surface area (Å²) >= 11 is 0. The molecule has 26 heavy (non-hydrogen) atoms. The third-order valence-corrected chi connectivity index (χ3v) is 3.92. The number of hydrogen-bond acceptors (Lipinski definition) is 4. The number of methoxy groups -OCH3 is 1. The first-order valence-corrected chi connectivity index (χ1v) is 7.84. The van der Waals surface area contributed by atoms with Crippen LogP contribution in [0, 0.1) is 6.92 Å². The second-order valence-corrected chi connectivity index (χ2v) is 5.75. The molecular formula is C19H19F3O4. The largest absolute Gasteiger partial charge is 0.488 e. The van der Waals surface area contributed by atoms with Crippen molar-refractivity contribution in [1.29, 1.82) is 0 Å². The number of aryl methyl sites for hydroxylation is 1. The van der Waals surface area contributed by atoms with Gasteiger partial charge in [0.1, 0.15) is 12.4 Å². The van der Waals surface area contributed by atoms with Gasteiger partial charge in [0.05, 0.1) is 25.7 Å². The number of rotatable bonds is 6. The van der Waals surface area contributed by atoms with Gasteiger partial charge in [0.25, 0.3) is 0 Å². The first-order valence-electron chi connectivity index (χ1n) is 7.84. The van der Waals surface area contributed by atoms with Gasteiger partial charge in [0, 0.05) is 0 Å². The van der Waals surface area contributed by atoms with E-state index in [0.717, 1.165) is 6.07 Å². The van der Waals surface area contributed by atoms with Crippen LogP contribution >= 0.6 is 0 Å². The number of aliphatic hydroxyl groups is 1. The average molecular weight is 368 g/mol. The maximum atomic E-state index is 13.2. The zero-order valence-electron chi connectivity index (χ0n) is 14.4. The Balaban J connectivity index is 2.34. The molecule has 2 aromatic carbocycles. The van der Waals surface area contributed by atoms with Crippen molar-refractivity contribution in [1.82, 2.24) is 0 Å². The summed E-state index contributed by atoms with van der Waals surface area (Å²) in [6, 6.07) is 8.73. The van der Waals surface area contributed by atoms with Gasteiger partial charge >= 0.3 is 12.1 Å². The minimum Gasteiger partial charge on any atom is -0.488 e. The smallest absolute Gasteiger partial charge is 0.419 e. The number of esters is 1. The number of halogens is 3. The molecular weight excluding hydrogens is 349 g/mol. The highest BCUT2D eigenvalue weighted by molar-refractivity contribution is 5.73. The molecule has 0 radical (unpaired) electrons. The molecule has 7 heteroatoms. The highest BCUT2D eigenvalue weighted by Gasteiger charge is 2.34. The number of carbonyl (C=O) groups is 1. The monoisotopic (exact) mass is 368 g/mol. The number of carbonyl (C=O) groups excluding carboxylic acids is 1. The van der Waals surface area contributed by atoms with Crippen molar-refractivity contribution in [2.45, 2.75) is 32.7 Å². The molecule has 0 bridgehead atoms. The standard InChI is InChI=1S/C19H19F3O4/c1-12-6-7-17(16(8-12)19(20,21)22)26-11-15-13(9-18(24)25-2)4-3-5-14(15)10-23/h3-8,23H,9-11H2,1-2H3. The van der Waals surface area contributed by atoms with Crippen molar-refractivity contribution >= 4 is 5.97 Å². The molecule has 0 spiro atoms. The fourth-order valence-electron chi connectivity index (χ4n) is 2.56.